The van der Waals surface area contributed by atoms with E-state index in [9.17, 15) is 4.39 Å². The number of pyridine rings is 1. The van der Waals surface area contributed by atoms with E-state index < -0.39 is 5.82 Å². The van der Waals surface area contributed by atoms with E-state index in [2.05, 4.69) is 15.2 Å². The van der Waals surface area contributed by atoms with Gasteiger partial charge in [0.05, 0.1) is 11.7 Å². The predicted octanol–water partition coefficient (Wildman–Crippen LogP) is 3.96. The number of amidine groups is 1. The van der Waals surface area contributed by atoms with Gasteiger partial charge in [-0.1, -0.05) is 48.2 Å². The van der Waals surface area contributed by atoms with Crippen LogP contribution in [-0.4, -0.2) is 16.4 Å². The molecule has 0 bridgehead atoms. The number of halogens is 1. The normalized spacial score (nSPS) is 12.1. The maximum absolute atomic E-state index is 14.0. The minimum atomic E-state index is -0.393. The molecule has 1 aromatic heterocycles. The van der Waals surface area contributed by atoms with Crippen molar-refractivity contribution in [2.75, 3.05) is 0 Å². The summed E-state index contributed by atoms with van der Waals surface area (Å²) in [5.41, 5.74) is 7.91. The Morgan fingerprint density at radius 3 is 2.83 bits per heavy atom. The van der Waals surface area contributed by atoms with Crippen LogP contribution in [0.5, 0.6) is 0 Å². The Balaban J connectivity index is 1.67. The summed E-state index contributed by atoms with van der Waals surface area (Å²) in [7, 11) is 0. The fraction of sp³-hybridized carbons (Fsp3) is 0.0556. The van der Waals surface area contributed by atoms with Gasteiger partial charge in [0.1, 0.15) is 5.82 Å². The molecule has 0 spiro atoms. The van der Waals surface area contributed by atoms with Gasteiger partial charge in [-0.15, -0.1) is 5.10 Å². The molecule has 0 aliphatic rings. The lowest BCUT2D eigenvalue weighted by Gasteiger charge is -2.00. The van der Waals surface area contributed by atoms with Crippen LogP contribution >= 0.6 is 11.8 Å². The molecule has 0 aliphatic heterocycles. The highest BCUT2D eigenvalue weighted by atomic mass is 32.2. The van der Waals surface area contributed by atoms with Crippen LogP contribution in [0, 0.1) is 5.82 Å². The molecule has 3 rings (SSSR count). The first-order valence-electron chi connectivity index (χ1n) is 7.30. The molecule has 0 saturated carbocycles. The Morgan fingerprint density at radius 2 is 2.00 bits per heavy atom. The Bertz CT molecular complexity index is 894. The lowest BCUT2D eigenvalue weighted by molar-refractivity contribution is 0.627. The second kappa shape index (κ2) is 7.70. The highest BCUT2D eigenvalue weighted by Gasteiger charge is 2.03. The van der Waals surface area contributed by atoms with E-state index in [0.717, 1.165) is 10.9 Å². The summed E-state index contributed by atoms with van der Waals surface area (Å²) in [6.45, 7) is 0. The first kappa shape index (κ1) is 16.1. The summed E-state index contributed by atoms with van der Waals surface area (Å²) in [4.78, 5) is 4.11. The van der Waals surface area contributed by atoms with E-state index >= 15 is 0 Å². The van der Waals surface area contributed by atoms with Gasteiger partial charge < -0.3 is 5.73 Å². The molecule has 24 heavy (non-hydrogen) atoms. The van der Waals surface area contributed by atoms with Crippen LogP contribution in [0.15, 0.2) is 71.0 Å². The number of thioether (sulfide) groups is 1. The fourth-order valence-electron chi connectivity index (χ4n) is 2.12. The fourth-order valence-corrected chi connectivity index (χ4v) is 2.73. The van der Waals surface area contributed by atoms with E-state index in [1.54, 1.807) is 18.3 Å². The van der Waals surface area contributed by atoms with Crippen molar-refractivity contribution in [3.05, 3.63) is 77.7 Å². The maximum Gasteiger partial charge on any atom is 0.180 e. The Hall–Kier alpha value is -2.73. The van der Waals surface area contributed by atoms with Crippen molar-refractivity contribution in [3.8, 4) is 0 Å². The van der Waals surface area contributed by atoms with Crippen molar-refractivity contribution < 1.29 is 4.39 Å². The van der Waals surface area contributed by atoms with Crippen molar-refractivity contribution in [2.24, 2.45) is 15.9 Å². The van der Waals surface area contributed by atoms with Crippen molar-refractivity contribution in [2.45, 2.75) is 5.75 Å². The number of benzene rings is 2. The van der Waals surface area contributed by atoms with Crippen molar-refractivity contribution in [1.82, 2.24) is 4.98 Å². The summed E-state index contributed by atoms with van der Waals surface area (Å²) in [6.07, 6.45) is 2.99. The van der Waals surface area contributed by atoms with Gasteiger partial charge in [0.2, 0.25) is 0 Å². The Kier molecular flexibility index (Phi) is 5.18. The zero-order chi connectivity index (χ0) is 16.8. The van der Waals surface area contributed by atoms with Crippen LogP contribution in [0.25, 0.3) is 10.9 Å². The first-order chi connectivity index (χ1) is 11.7. The molecular formula is C18H15FN4S. The lowest BCUT2D eigenvalue weighted by atomic mass is 10.1. The van der Waals surface area contributed by atoms with Gasteiger partial charge in [-0.2, -0.15) is 5.10 Å². The summed E-state index contributed by atoms with van der Waals surface area (Å²) in [6, 6.07) is 16.7. The Labute approximate surface area is 143 Å². The van der Waals surface area contributed by atoms with Crippen molar-refractivity contribution in [3.63, 3.8) is 0 Å². The predicted molar refractivity (Wildman–Crippen MR) is 98.7 cm³/mol. The third-order valence-corrected chi connectivity index (χ3v) is 4.16. The van der Waals surface area contributed by atoms with Gasteiger partial charge in [-0.05, 0) is 17.7 Å². The molecular weight excluding hydrogens is 323 g/mol. The SMILES string of the molecule is NC(=NN=Cc1cc2cccnc2cc1F)SCc1ccccc1. The zero-order valence-electron chi connectivity index (χ0n) is 12.8. The molecule has 2 aromatic carbocycles. The highest BCUT2D eigenvalue weighted by Crippen LogP contribution is 2.16. The molecule has 0 unspecified atom stereocenters. The molecule has 4 nitrogen and oxygen atoms in total. The van der Waals surface area contributed by atoms with Crippen LogP contribution < -0.4 is 5.73 Å². The second-order valence-corrected chi connectivity index (χ2v) is 6.02. The minimum absolute atomic E-state index is 0.331. The molecule has 0 atom stereocenters. The molecule has 0 fully saturated rings. The molecule has 0 aliphatic carbocycles. The highest BCUT2D eigenvalue weighted by molar-refractivity contribution is 8.13. The first-order valence-corrected chi connectivity index (χ1v) is 8.28. The molecule has 1 heterocycles. The van der Waals surface area contributed by atoms with Gasteiger partial charge in [0.25, 0.3) is 0 Å². The molecule has 3 aromatic rings. The number of fused-ring (bicyclic) bond motifs is 1. The lowest BCUT2D eigenvalue weighted by Crippen LogP contribution is -2.06. The summed E-state index contributed by atoms with van der Waals surface area (Å²) < 4.78 is 14.0. The maximum atomic E-state index is 14.0. The average molecular weight is 338 g/mol. The Morgan fingerprint density at radius 1 is 1.17 bits per heavy atom. The van der Waals surface area contributed by atoms with Crippen LogP contribution in [0.3, 0.4) is 0 Å². The van der Waals surface area contributed by atoms with Crippen LogP contribution in [0.4, 0.5) is 4.39 Å². The number of nitrogens with zero attached hydrogens (tertiary/aromatic N) is 3. The monoisotopic (exact) mass is 338 g/mol. The van der Waals surface area contributed by atoms with Crippen LogP contribution in [-0.2, 0) is 5.75 Å². The minimum Gasteiger partial charge on any atom is -0.377 e. The molecule has 0 amide bonds. The number of nitrogens with two attached hydrogens (primary N) is 1. The zero-order valence-corrected chi connectivity index (χ0v) is 13.6. The van der Waals surface area contributed by atoms with E-state index in [4.69, 9.17) is 5.73 Å². The summed E-state index contributed by atoms with van der Waals surface area (Å²) >= 11 is 1.38. The molecule has 0 saturated heterocycles. The topological polar surface area (TPSA) is 63.6 Å². The number of aromatic nitrogens is 1. The molecule has 6 heteroatoms. The number of rotatable bonds is 4. The quantitative estimate of drug-likeness (QED) is 0.445. The van der Waals surface area contributed by atoms with Gasteiger partial charge in [0, 0.05) is 29.0 Å². The van der Waals surface area contributed by atoms with E-state index in [1.165, 1.54) is 24.0 Å². The number of hydrogen-bond donors (Lipinski definition) is 1. The third-order valence-electron chi connectivity index (χ3n) is 3.30. The van der Waals surface area contributed by atoms with Crippen molar-refractivity contribution in [1.29, 1.82) is 0 Å². The van der Waals surface area contributed by atoms with Gasteiger partial charge >= 0.3 is 0 Å². The summed E-state index contributed by atoms with van der Waals surface area (Å²) in [5, 5.41) is 8.95. The largest absolute Gasteiger partial charge is 0.377 e. The van der Waals surface area contributed by atoms with Gasteiger partial charge in [-0.3, -0.25) is 4.98 Å². The molecule has 2 N–H and O–H groups in total. The smallest absolute Gasteiger partial charge is 0.180 e. The number of hydrogen-bond acceptors (Lipinski definition) is 4. The van der Waals surface area contributed by atoms with Gasteiger partial charge in [-0.25, -0.2) is 4.39 Å². The van der Waals surface area contributed by atoms with Gasteiger partial charge in [0.15, 0.2) is 5.17 Å². The van der Waals surface area contributed by atoms with E-state index in [1.807, 2.05) is 36.4 Å². The van der Waals surface area contributed by atoms with E-state index in [0.29, 0.717) is 22.0 Å². The van der Waals surface area contributed by atoms with Crippen molar-refractivity contribution >= 4 is 34.0 Å². The summed E-state index contributed by atoms with van der Waals surface area (Å²) in [5.74, 6) is 0.317. The molecule has 120 valence electrons. The molecule has 0 radical (unpaired) electrons. The van der Waals surface area contributed by atoms with Crippen LogP contribution in [0.1, 0.15) is 11.1 Å². The van der Waals surface area contributed by atoms with Crippen LogP contribution in [0.2, 0.25) is 0 Å². The second-order valence-electron chi connectivity index (χ2n) is 5.03. The average Bonchev–Trinajstić information content (AvgIpc) is 2.61. The standard InChI is InChI=1S/C18H15FN4S/c19-16-10-17-14(7-4-8-21-17)9-15(16)11-22-23-18(20)24-12-13-5-2-1-3-6-13/h1-11H,12H2,(H2,20,23). The third kappa shape index (κ3) is 4.17. The van der Waals surface area contributed by atoms with E-state index in [-0.39, 0.29) is 0 Å².